The van der Waals surface area contributed by atoms with Crippen LogP contribution in [-0.2, 0) is 16.0 Å². The first-order chi connectivity index (χ1) is 8.57. The summed E-state index contributed by atoms with van der Waals surface area (Å²) in [5, 5.41) is 9.29. The molecule has 0 atom stereocenters. The van der Waals surface area contributed by atoms with E-state index in [1.54, 1.807) is 18.2 Å². The normalized spacial score (nSPS) is 19.8. The van der Waals surface area contributed by atoms with Crippen molar-refractivity contribution in [1.82, 2.24) is 0 Å². The van der Waals surface area contributed by atoms with Crippen molar-refractivity contribution < 1.29 is 14.7 Å². The maximum atomic E-state index is 12.3. The second-order valence-electron chi connectivity index (χ2n) is 5.04. The molecule has 5 heteroatoms. The molecule has 0 radical (unpaired) electrons. The highest BCUT2D eigenvalue weighted by atomic mass is 16.3. The van der Waals surface area contributed by atoms with E-state index < -0.39 is 5.41 Å². The van der Waals surface area contributed by atoms with E-state index in [1.165, 1.54) is 4.90 Å². The van der Waals surface area contributed by atoms with E-state index >= 15 is 0 Å². The summed E-state index contributed by atoms with van der Waals surface area (Å²) >= 11 is 0. The molecule has 94 valence electrons. The van der Waals surface area contributed by atoms with Gasteiger partial charge in [-0.25, -0.2) is 4.90 Å². The zero-order chi connectivity index (χ0) is 12.9. The summed E-state index contributed by atoms with van der Waals surface area (Å²) in [6.07, 6.45) is 1.50. The Labute approximate surface area is 104 Å². The number of nitrogen functional groups attached to an aromatic ring is 1. The number of nitrogens with zero attached hydrogens (tertiary/aromatic N) is 1. The Morgan fingerprint density at radius 3 is 2.78 bits per heavy atom. The van der Waals surface area contributed by atoms with Crippen molar-refractivity contribution >= 4 is 23.2 Å². The van der Waals surface area contributed by atoms with Crippen LogP contribution in [0, 0.1) is 5.41 Å². The molecule has 18 heavy (non-hydrogen) atoms. The molecule has 0 bridgehead atoms. The number of benzene rings is 1. The minimum atomic E-state index is -0.724. The Kier molecular flexibility index (Phi) is 2.22. The molecule has 2 aliphatic rings. The number of carbonyl (C=O) groups excluding carboxylic acids is 2. The van der Waals surface area contributed by atoms with E-state index in [9.17, 15) is 14.7 Å². The van der Waals surface area contributed by atoms with Gasteiger partial charge in [0.15, 0.2) is 0 Å². The minimum Gasteiger partial charge on any atom is -0.399 e. The SMILES string of the molecule is Nc1ccc2c(c1)CC(=O)N2C(=O)C1(CO)CC1. The molecule has 1 aromatic carbocycles. The first-order valence-electron chi connectivity index (χ1n) is 5.94. The van der Waals surface area contributed by atoms with E-state index in [-0.39, 0.29) is 24.8 Å². The number of hydrogen-bond acceptors (Lipinski definition) is 4. The third-order valence-corrected chi connectivity index (χ3v) is 3.75. The van der Waals surface area contributed by atoms with E-state index in [4.69, 9.17) is 5.73 Å². The zero-order valence-electron chi connectivity index (χ0n) is 9.85. The summed E-state index contributed by atoms with van der Waals surface area (Å²) < 4.78 is 0. The van der Waals surface area contributed by atoms with Crippen molar-refractivity contribution in [3.8, 4) is 0 Å². The molecule has 3 N–H and O–H groups in total. The highest BCUT2D eigenvalue weighted by molar-refractivity contribution is 6.21. The number of fused-ring (bicyclic) bond motifs is 1. The third-order valence-electron chi connectivity index (χ3n) is 3.75. The molecule has 0 spiro atoms. The summed E-state index contributed by atoms with van der Waals surface area (Å²) in [4.78, 5) is 25.5. The maximum Gasteiger partial charge on any atom is 0.242 e. The topological polar surface area (TPSA) is 83.6 Å². The quantitative estimate of drug-likeness (QED) is 0.586. The van der Waals surface area contributed by atoms with Gasteiger partial charge in [-0.3, -0.25) is 9.59 Å². The van der Waals surface area contributed by atoms with Crippen LogP contribution >= 0.6 is 0 Å². The molecule has 1 heterocycles. The largest absolute Gasteiger partial charge is 0.399 e. The molecule has 1 aromatic rings. The molecule has 1 saturated carbocycles. The van der Waals surface area contributed by atoms with Crippen LogP contribution < -0.4 is 10.6 Å². The summed E-state index contributed by atoms with van der Waals surface area (Å²) in [5.41, 5.74) is 6.92. The number of aliphatic hydroxyl groups is 1. The molecule has 3 rings (SSSR count). The fourth-order valence-corrected chi connectivity index (χ4v) is 2.39. The molecule has 1 aliphatic heterocycles. The minimum absolute atomic E-state index is 0.195. The maximum absolute atomic E-state index is 12.3. The van der Waals surface area contributed by atoms with Crippen LogP contribution in [0.1, 0.15) is 18.4 Å². The lowest BCUT2D eigenvalue weighted by Crippen LogP contribution is -2.41. The number of rotatable bonds is 2. The highest BCUT2D eigenvalue weighted by Crippen LogP contribution is 2.48. The summed E-state index contributed by atoms with van der Waals surface area (Å²) in [6.45, 7) is -0.195. The van der Waals surface area contributed by atoms with E-state index in [2.05, 4.69) is 0 Å². The number of aliphatic hydroxyl groups excluding tert-OH is 1. The van der Waals surface area contributed by atoms with Gasteiger partial charge >= 0.3 is 0 Å². The molecule has 5 nitrogen and oxygen atoms in total. The summed E-state index contributed by atoms with van der Waals surface area (Å²) in [6, 6.07) is 5.09. The lowest BCUT2D eigenvalue weighted by atomic mass is 10.1. The standard InChI is InChI=1S/C13H14N2O3/c14-9-1-2-10-8(5-9)6-11(17)15(10)12(18)13(7-16)3-4-13/h1-2,5,16H,3-4,6-7,14H2. The lowest BCUT2D eigenvalue weighted by molar-refractivity contribution is -0.129. The van der Waals surface area contributed by atoms with Crippen molar-refractivity contribution in [2.24, 2.45) is 5.41 Å². The van der Waals surface area contributed by atoms with Crippen LogP contribution in [0.25, 0.3) is 0 Å². The molecule has 0 unspecified atom stereocenters. The number of hydrogen-bond donors (Lipinski definition) is 2. The van der Waals surface area contributed by atoms with Gasteiger partial charge in [0.2, 0.25) is 11.8 Å². The van der Waals surface area contributed by atoms with Crippen LogP contribution in [-0.4, -0.2) is 23.5 Å². The van der Waals surface area contributed by atoms with Gasteiger partial charge in [-0.05, 0) is 36.6 Å². The number of nitrogens with two attached hydrogens (primary N) is 1. The van der Waals surface area contributed by atoms with Crippen molar-refractivity contribution in [3.63, 3.8) is 0 Å². The van der Waals surface area contributed by atoms with Gasteiger partial charge in [0, 0.05) is 5.69 Å². The second-order valence-corrected chi connectivity index (χ2v) is 5.04. The van der Waals surface area contributed by atoms with Crippen LogP contribution in [0.5, 0.6) is 0 Å². The highest BCUT2D eigenvalue weighted by Gasteiger charge is 2.53. The van der Waals surface area contributed by atoms with Gasteiger partial charge in [0.05, 0.1) is 24.1 Å². The van der Waals surface area contributed by atoms with Crippen LogP contribution in [0.3, 0.4) is 0 Å². The Balaban J connectivity index is 1.99. The van der Waals surface area contributed by atoms with Gasteiger partial charge in [0.1, 0.15) is 0 Å². The molecule has 0 aromatic heterocycles. The van der Waals surface area contributed by atoms with E-state index in [1.807, 2.05) is 0 Å². The first-order valence-corrected chi connectivity index (χ1v) is 5.94. The molecule has 2 amide bonds. The Morgan fingerprint density at radius 1 is 1.44 bits per heavy atom. The number of carbonyl (C=O) groups is 2. The van der Waals surface area contributed by atoms with Gasteiger partial charge in [-0.1, -0.05) is 0 Å². The van der Waals surface area contributed by atoms with Gasteiger partial charge in [0.25, 0.3) is 0 Å². The van der Waals surface area contributed by atoms with Crippen LogP contribution in [0.4, 0.5) is 11.4 Å². The Hall–Kier alpha value is -1.88. The molecule has 0 saturated heterocycles. The summed E-state index contributed by atoms with van der Waals surface area (Å²) in [5.74, 6) is -0.515. The van der Waals surface area contributed by atoms with Gasteiger partial charge in [-0.15, -0.1) is 0 Å². The third kappa shape index (κ3) is 1.44. The fraction of sp³-hybridized carbons (Fsp3) is 0.385. The van der Waals surface area contributed by atoms with E-state index in [0.29, 0.717) is 24.2 Å². The number of amides is 2. The van der Waals surface area contributed by atoms with Crippen LogP contribution in [0.15, 0.2) is 18.2 Å². The van der Waals surface area contributed by atoms with Crippen molar-refractivity contribution in [3.05, 3.63) is 23.8 Å². The number of anilines is 2. The average molecular weight is 246 g/mol. The fourth-order valence-electron chi connectivity index (χ4n) is 2.39. The molecular weight excluding hydrogens is 232 g/mol. The van der Waals surface area contributed by atoms with Crippen molar-refractivity contribution in [1.29, 1.82) is 0 Å². The first kappa shape index (κ1) is 11.2. The molecular formula is C13H14N2O3. The summed E-state index contributed by atoms with van der Waals surface area (Å²) in [7, 11) is 0. The second kappa shape index (κ2) is 3.55. The average Bonchev–Trinajstić information content (AvgIpc) is 3.07. The van der Waals surface area contributed by atoms with Crippen molar-refractivity contribution in [2.45, 2.75) is 19.3 Å². The monoisotopic (exact) mass is 246 g/mol. The zero-order valence-corrected chi connectivity index (χ0v) is 9.85. The smallest absolute Gasteiger partial charge is 0.242 e. The predicted octanol–water partition coefficient (Wildman–Crippen LogP) is 0.457. The predicted molar refractivity (Wildman–Crippen MR) is 65.8 cm³/mol. The van der Waals surface area contributed by atoms with Gasteiger partial charge in [-0.2, -0.15) is 0 Å². The molecule has 1 aliphatic carbocycles. The Morgan fingerprint density at radius 2 is 2.17 bits per heavy atom. The van der Waals surface area contributed by atoms with Crippen molar-refractivity contribution in [2.75, 3.05) is 17.2 Å². The van der Waals surface area contributed by atoms with Gasteiger partial charge < -0.3 is 10.8 Å². The van der Waals surface area contributed by atoms with Crippen LogP contribution in [0.2, 0.25) is 0 Å². The molecule has 1 fully saturated rings. The Bertz CT molecular complexity index is 549. The number of imide groups is 1. The van der Waals surface area contributed by atoms with E-state index in [0.717, 1.165) is 5.56 Å². The lowest BCUT2D eigenvalue weighted by Gasteiger charge is -2.20.